The second-order valence-corrected chi connectivity index (χ2v) is 3.61. The van der Waals surface area contributed by atoms with Crippen molar-refractivity contribution in [1.29, 1.82) is 0 Å². The van der Waals surface area contributed by atoms with Gasteiger partial charge in [0.1, 0.15) is 5.82 Å². The van der Waals surface area contributed by atoms with E-state index < -0.39 is 12.0 Å². The first-order chi connectivity index (χ1) is 7.93. The van der Waals surface area contributed by atoms with Crippen LogP contribution in [0.1, 0.15) is 11.4 Å². The zero-order chi connectivity index (χ0) is 12.6. The molecule has 0 bridgehead atoms. The maximum absolute atomic E-state index is 12.6. The van der Waals surface area contributed by atoms with Gasteiger partial charge in [-0.1, -0.05) is 12.1 Å². The lowest BCUT2D eigenvalue weighted by Gasteiger charge is -2.11. The summed E-state index contributed by atoms with van der Waals surface area (Å²) < 4.78 is 37.8. The predicted octanol–water partition coefficient (Wildman–Crippen LogP) is 3.00. The summed E-state index contributed by atoms with van der Waals surface area (Å²) in [5.74, 6) is -0.935. The average Bonchev–Trinajstić information content (AvgIpc) is 2.27. The molecule has 0 aliphatic carbocycles. The van der Waals surface area contributed by atoms with Gasteiger partial charge in [-0.25, -0.2) is 9.97 Å². The van der Waals surface area contributed by atoms with Crippen molar-refractivity contribution in [2.45, 2.75) is 13.1 Å². The molecule has 1 heterocycles. The van der Waals surface area contributed by atoms with Gasteiger partial charge in [-0.3, -0.25) is 0 Å². The standard InChI is InChI=1S/C11H10F3N3/c1-6-4-3-5-7-8(6)16-10(11(12,13)14)17-9(7)15-2/h3-5H,1-2H3,(H,15,16,17). The van der Waals surface area contributed by atoms with Gasteiger partial charge in [0.25, 0.3) is 0 Å². The summed E-state index contributed by atoms with van der Waals surface area (Å²) in [4.78, 5) is 7.06. The number of halogens is 3. The van der Waals surface area contributed by atoms with Crippen molar-refractivity contribution in [1.82, 2.24) is 9.97 Å². The van der Waals surface area contributed by atoms with E-state index in [1.807, 2.05) is 0 Å². The number of hydrogen-bond donors (Lipinski definition) is 1. The van der Waals surface area contributed by atoms with Gasteiger partial charge in [0, 0.05) is 12.4 Å². The van der Waals surface area contributed by atoms with Crippen molar-refractivity contribution < 1.29 is 13.2 Å². The number of alkyl halides is 3. The van der Waals surface area contributed by atoms with Crippen molar-refractivity contribution in [2.24, 2.45) is 0 Å². The van der Waals surface area contributed by atoms with Gasteiger partial charge in [-0.05, 0) is 18.6 Å². The Morgan fingerprint density at radius 1 is 1.18 bits per heavy atom. The summed E-state index contributed by atoms with van der Waals surface area (Å²) in [5.41, 5.74) is 1.01. The second-order valence-electron chi connectivity index (χ2n) is 3.61. The number of aryl methyl sites for hydroxylation is 1. The van der Waals surface area contributed by atoms with E-state index in [1.165, 1.54) is 7.05 Å². The average molecular weight is 241 g/mol. The molecule has 0 fully saturated rings. The largest absolute Gasteiger partial charge is 0.451 e. The Kier molecular flexibility index (Phi) is 2.65. The smallest absolute Gasteiger partial charge is 0.373 e. The van der Waals surface area contributed by atoms with E-state index in [4.69, 9.17) is 0 Å². The second kappa shape index (κ2) is 3.87. The van der Waals surface area contributed by atoms with Crippen molar-refractivity contribution in [3.05, 3.63) is 29.6 Å². The van der Waals surface area contributed by atoms with Crippen LogP contribution in [-0.4, -0.2) is 17.0 Å². The van der Waals surface area contributed by atoms with Gasteiger partial charge in [0.15, 0.2) is 0 Å². The molecular weight excluding hydrogens is 231 g/mol. The van der Waals surface area contributed by atoms with Gasteiger partial charge in [-0.15, -0.1) is 0 Å². The van der Waals surface area contributed by atoms with Gasteiger partial charge in [0.05, 0.1) is 5.52 Å². The van der Waals surface area contributed by atoms with Gasteiger partial charge >= 0.3 is 6.18 Å². The number of nitrogens with one attached hydrogen (secondary N) is 1. The maximum atomic E-state index is 12.6. The number of fused-ring (bicyclic) bond motifs is 1. The fourth-order valence-corrected chi connectivity index (χ4v) is 1.61. The highest BCUT2D eigenvalue weighted by Gasteiger charge is 2.35. The molecule has 0 aliphatic heterocycles. The van der Waals surface area contributed by atoms with Gasteiger partial charge < -0.3 is 5.32 Å². The molecule has 3 nitrogen and oxygen atoms in total. The Balaban J connectivity index is 2.81. The van der Waals surface area contributed by atoms with E-state index in [9.17, 15) is 13.2 Å². The Bertz CT molecular complexity index is 564. The molecule has 0 radical (unpaired) electrons. The lowest BCUT2D eigenvalue weighted by Crippen LogP contribution is -2.13. The zero-order valence-electron chi connectivity index (χ0n) is 9.26. The van der Waals surface area contributed by atoms with Gasteiger partial charge in [-0.2, -0.15) is 13.2 Å². The minimum atomic E-state index is -4.54. The summed E-state index contributed by atoms with van der Waals surface area (Å²) in [6.07, 6.45) is -4.54. The highest BCUT2D eigenvalue weighted by Crippen LogP contribution is 2.30. The Morgan fingerprint density at radius 2 is 1.88 bits per heavy atom. The molecule has 0 atom stereocenters. The Morgan fingerprint density at radius 3 is 2.47 bits per heavy atom. The first-order valence-corrected chi connectivity index (χ1v) is 4.96. The number of benzene rings is 1. The zero-order valence-corrected chi connectivity index (χ0v) is 9.26. The first kappa shape index (κ1) is 11.6. The van der Waals surface area contributed by atoms with Crippen LogP contribution in [0.25, 0.3) is 10.9 Å². The third-order valence-electron chi connectivity index (χ3n) is 2.42. The van der Waals surface area contributed by atoms with Crippen LogP contribution >= 0.6 is 0 Å². The SMILES string of the molecule is CNc1nc(C(F)(F)F)nc2c(C)cccc12. The van der Waals surface area contributed by atoms with Crippen molar-refractivity contribution in [2.75, 3.05) is 12.4 Å². The number of anilines is 1. The predicted molar refractivity (Wildman–Crippen MR) is 58.8 cm³/mol. The summed E-state index contributed by atoms with van der Waals surface area (Å²) in [6.45, 7) is 1.72. The molecule has 0 amide bonds. The summed E-state index contributed by atoms with van der Waals surface area (Å²) >= 11 is 0. The highest BCUT2D eigenvalue weighted by atomic mass is 19.4. The van der Waals surface area contributed by atoms with E-state index in [2.05, 4.69) is 15.3 Å². The number of aromatic nitrogens is 2. The summed E-state index contributed by atoms with van der Waals surface area (Å²) in [7, 11) is 1.53. The Labute approximate surface area is 95.7 Å². The van der Waals surface area contributed by atoms with Crippen LogP contribution in [0.15, 0.2) is 18.2 Å². The molecule has 0 spiro atoms. The van der Waals surface area contributed by atoms with Crippen LogP contribution in [0, 0.1) is 6.92 Å². The topological polar surface area (TPSA) is 37.8 Å². The molecule has 90 valence electrons. The molecule has 1 N–H and O–H groups in total. The minimum Gasteiger partial charge on any atom is -0.373 e. The molecular formula is C11H10F3N3. The summed E-state index contributed by atoms with van der Waals surface area (Å²) in [5, 5.41) is 3.24. The molecule has 0 saturated carbocycles. The minimum absolute atomic E-state index is 0.186. The monoisotopic (exact) mass is 241 g/mol. The fraction of sp³-hybridized carbons (Fsp3) is 0.273. The van der Waals surface area contributed by atoms with E-state index >= 15 is 0 Å². The number of hydrogen-bond acceptors (Lipinski definition) is 3. The number of nitrogens with zero attached hydrogens (tertiary/aromatic N) is 2. The number of rotatable bonds is 1. The summed E-state index contributed by atoms with van der Waals surface area (Å²) in [6, 6.07) is 5.17. The quantitative estimate of drug-likeness (QED) is 0.834. The van der Waals surface area contributed by atoms with E-state index in [0.29, 0.717) is 16.5 Å². The molecule has 0 aliphatic rings. The molecule has 0 saturated heterocycles. The van der Waals surface area contributed by atoms with Crippen molar-refractivity contribution in [3.63, 3.8) is 0 Å². The van der Waals surface area contributed by atoms with Crippen molar-refractivity contribution >= 4 is 16.7 Å². The molecule has 2 aromatic rings. The van der Waals surface area contributed by atoms with Crippen molar-refractivity contribution in [3.8, 4) is 0 Å². The fourth-order valence-electron chi connectivity index (χ4n) is 1.61. The number of para-hydroxylation sites is 1. The van der Waals surface area contributed by atoms with Gasteiger partial charge in [0.2, 0.25) is 5.82 Å². The van der Waals surface area contributed by atoms with E-state index in [0.717, 1.165) is 0 Å². The Hall–Kier alpha value is -1.85. The normalized spacial score (nSPS) is 11.8. The van der Waals surface area contributed by atoms with E-state index in [-0.39, 0.29) is 5.82 Å². The van der Waals surface area contributed by atoms with Crippen LogP contribution in [-0.2, 0) is 6.18 Å². The highest BCUT2D eigenvalue weighted by molar-refractivity contribution is 5.91. The molecule has 0 unspecified atom stereocenters. The van der Waals surface area contributed by atoms with E-state index in [1.54, 1.807) is 25.1 Å². The third-order valence-corrected chi connectivity index (χ3v) is 2.42. The third kappa shape index (κ3) is 2.02. The first-order valence-electron chi connectivity index (χ1n) is 4.96. The molecule has 6 heteroatoms. The molecule has 1 aromatic carbocycles. The molecule has 17 heavy (non-hydrogen) atoms. The van der Waals surface area contributed by atoms with Crippen LogP contribution in [0.3, 0.4) is 0 Å². The maximum Gasteiger partial charge on any atom is 0.451 e. The van der Waals surface area contributed by atoms with Crippen LogP contribution in [0.5, 0.6) is 0 Å². The molecule has 1 aromatic heterocycles. The lowest BCUT2D eigenvalue weighted by molar-refractivity contribution is -0.144. The van der Waals surface area contributed by atoms with Crippen LogP contribution < -0.4 is 5.32 Å². The lowest BCUT2D eigenvalue weighted by atomic mass is 10.1. The van der Waals surface area contributed by atoms with Crippen LogP contribution in [0.4, 0.5) is 19.0 Å². The van der Waals surface area contributed by atoms with Crippen LogP contribution in [0.2, 0.25) is 0 Å². The molecule has 2 rings (SSSR count).